The van der Waals surface area contributed by atoms with Gasteiger partial charge in [-0.3, -0.25) is 10.1 Å². The van der Waals surface area contributed by atoms with E-state index in [4.69, 9.17) is 10.00 Å². The largest absolute Gasteiger partial charge is 0.449 e. The van der Waals surface area contributed by atoms with Crippen molar-refractivity contribution < 1.29 is 14.1 Å². The van der Waals surface area contributed by atoms with Crippen LogP contribution in [-0.2, 0) is 5.33 Å². The maximum atomic E-state index is 13.5. The van der Waals surface area contributed by atoms with Crippen LogP contribution in [0, 0.1) is 27.3 Å². The molecule has 0 aliphatic carbocycles. The maximum absolute atomic E-state index is 13.5. The highest BCUT2D eigenvalue weighted by Gasteiger charge is 2.18. The lowest BCUT2D eigenvalue weighted by atomic mass is 10.2. The number of hydrogen-bond acceptors (Lipinski definition) is 4. The van der Waals surface area contributed by atoms with Crippen LogP contribution in [0.2, 0.25) is 0 Å². The van der Waals surface area contributed by atoms with E-state index in [-0.39, 0.29) is 22.7 Å². The van der Waals surface area contributed by atoms with Crippen LogP contribution in [0.5, 0.6) is 11.5 Å². The van der Waals surface area contributed by atoms with E-state index in [1.807, 2.05) is 0 Å². The lowest BCUT2D eigenvalue weighted by Crippen LogP contribution is -1.97. The first-order valence-electron chi connectivity index (χ1n) is 5.76. The van der Waals surface area contributed by atoms with Gasteiger partial charge in [-0.2, -0.15) is 5.26 Å². The number of nitro benzene ring substituents is 1. The van der Waals surface area contributed by atoms with Gasteiger partial charge < -0.3 is 4.74 Å². The summed E-state index contributed by atoms with van der Waals surface area (Å²) in [6, 6.07) is 9.96. The fourth-order valence-electron chi connectivity index (χ4n) is 1.69. The van der Waals surface area contributed by atoms with E-state index >= 15 is 0 Å². The highest BCUT2D eigenvalue weighted by Crippen LogP contribution is 2.34. The van der Waals surface area contributed by atoms with E-state index in [2.05, 4.69) is 15.9 Å². The Kier molecular flexibility index (Phi) is 4.50. The van der Waals surface area contributed by atoms with Crippen LogP contribution in [0.25, 0.3) is 0 Å². The molecule has 0 fully saturated rings. The van der Waals surface area contributed by atoms with Gasteiger partial charge in [-0.1, -0.05) is 28.1 Å². The molecule has 0 saturated carbocycles. The fourth-order valence-corrected chi connectivity index (χ4v) is 2.04. The van der Waals surface area contributed by atoms with Crippen molar-refractivity contribution in [2.45, 2.75) is 5.33 Å². The minimum Gasteiger partial charge on any atom is -0.449 e. The van der Waals surface area contributed by atoms with Gasteiger partial charge in [-0.25, -0.2) is 4.39 Å². The SMILES string of the molecule is N#Cc1c(F)cccc1Oc1ccc(CBr)cc1[N+](=O)[O-]. The maximum Gasteiger partial charge on any atom is 0.311 e. The minimum absolute atomic E-state index is 0.0493. The first kappa shape index (κ1) is 14.9. The van der Waals surface area contributed by atoms with Gasteiger partial charge >= 0.3 is 5.69 Å². The predicted octanol–water partition coefficient (Wildman–Crippen LogP) is 4.29. The van der Waals surface area contributed by atoms with Gasteiger partial charge in [-0.15, -0.1) is 0 Å². The third-order valence-corrected chi connectivity index (χ3v) is 3.33. The summed E-state index contributed by atoms with van der Waals surface area (Å²) in [5.74, 6) is -0.853. The average Bonchev–Trinajstić information content (AvgIpc) is 2.47. The van der Waals surface area contributed by atoms with Crippen molar-refractivity contribution in [3.8, 4) is 17.6 Å². The molecule has 2 aromatic rings. The summed E-state index contributed by atoms with van der Waals surface area (Å²) in [6.07, 6.45) is 0. The predicted molar refractivity (Wildman–Crippen MR) is 76.9 cm³/mol. The molecule has 0 aliphatic rings. The molecule has 0 heterocycles. The van der Waals surface area contributed by atoms with E-state index in [1.165, 1.54) is 24.3 Å². The number of benzene rings is 2. The number of nitro groups is 1. The van der Waals surface area contributed by atoms with Crippen LogP contribution in [0.1, 0.15) is 11.1 Å². The van der Waals surface area contributed by atoms with Gasteiger partial charge in [0.15, 0.2) is 0 Å². The number of nitriles is 1. The Bertz CT molecular complexity index is 743. The molecule has 0 aliphatic heterocycles. The molecule has 0 N–H and O–H groups in total. The van der Waals surface area contributed by atoms with Crippen LogP contribution in [0.15, 0.2) is 36.4 Å². The van der Waals surface area contributed by atoms with Gasteiger partial charge in [0.25, 0.3) is 0 Å². The lowest BCUT2D eigenvalue weighted by molar-refractivity contribution is -0.385. The van der Waals surface area contributed by atoms with Crippen LogP contribution < -0.4 is 4.74 Å². The molecule has 0 aromatic heterocycles. The topological polar surface area (TPSA) is 76.2 Å². The van der Waals surface area contributed by atoms with E-state index in [0.29, 0.717) is 10.9 Å². The molecular formula is C14H8BrFN2O3. The summed E-state index contributed by atoms with van der Waals surface area (Å²) in [5, 5.41) is 20.5. The molecule has 0 radical (unpaired) electrons. The molecule has 0 atom stereocenters. The summed E-state index contributed by atoms with van der Waals surface area (Å²) in [6.45, 7) is 0. The third kappa shape index (κ3) is 3.17. The number of nitrogens with zero attached hydrogens (tertiary/aromatic N) is 2. The second kappa shape index (κ2) is 6.33. The lowest BCUT2D eigenvalue weighted by Gasteiger charge is -2.09. The Balaban J connectivity index is 2.48. The van der Waals surface area contributed by atoms with Gasteiger partial charge in [0, 0.05) is 11.4 Å². The Morgan fingerprint density at radius 3 is 2.71 bits per heavy atom. The van der Waals surface area contributed by atoms with Crippen molar-refractivity contribution in [2.24, 2.45) is 0 Å². The van der Waals surface area contributed by atoms with Gasteiger partial charge in [0.05, 0.1) is 4.92 Å². The van der Waals surface area contributed by atoms with Crippen molar-refractivity contribution >= 4 is 21.6 Å². The Morgan fingerprint density at radius 2 is 2.10 bits per heavy atom. The Hall–Kier alpha value is -2.46. The number of halogens is 2. The second-order valence-corrected chi connectivity index (χ2v) is 4.58. The summed E-state index contributed by atoms with van der Waals surface area (Å²) in [5.41, 5.74) is 0.158. The first-order valence-corrected chi connectivity index (χ1v) is 6.88. The number of rotatable bonds is 4. The zero-order valence-corrected chi connectivity index (χ0v) is 12.1. The average molecular weight is 351 g/mol. The number of alkyl halides is 1. The molecule has 2 aromatic carbocycles. The molecule has 7 heteroatoms. The molecule has 2 rings (SSSR count). The van der Waals surface area contributed by atoms with E-state index in [9.17, 15) is 14.5 Å². The van der Waals surface area contributed by atoms with Crippen LogP contribution in [-0.4, -0.2) is 4.92 Å². The molecule has 5 nitrogen and oxygen atoms in total. The summed E-state index contributed by atoms with van der Waals surface area (Å²) in [4.78, 5) is 10.5. The third-order valence-electron chi connectivity index (χ3n) is 2.68. The van der Waals surface area contributed by atoms with Crippen LogP contribution in [0.3, 0.4) is 0 Å². The minimum atomic E-state index is -0.741. The zero-order chi connectivity index (χ0) is 15.4. The molecular weight excluding hydrogens is 343 g/mol. The number of hydrogen-bond donors (Lipinski definition) is 0. The van der Waals surface area contributed by atoms with E-state index in [1.54, 1.807) is 12.1 Å². The molecule has 0 amide bonds. The fraction of sp³-hybridized carbons (Fsp3) is 0.0714. The second-order valence-electron chi connectivity index (χ2n) is 4.02. The molecule has 106 valence electrons. The van der Waals surface area contributed by atoms with Crippen molar-refractivity contribution in [3.05, 3.63) is 63.5 Å². The van der Waals surface area contributed by atoms with Gasteiger partial charge in [0.2, 0.25) is 5.75 Å². The standard InChI is InChI=1S/C14H8BrFN2O3/c15-7-9-4-5-14(12(6-9)18(19)20)21-13-3-1-2-11(16)10(13)8-17/h1-6H,7H2. The van der Waals surface area contributed by atoms with Gasteiger partial charge in [-0.05, 0) is 23.8 Å². The molecule has 0 saturated heterocycles. The summed E-state index contributed by atoms with van der Waals surface area (Å²) in [7, 11) is 0. The van der Waals surface area contributed by atoms with E-state index in [0.717, 1.165) is 6.07 Å². The van der Waals surface area contributed by atoms with Gasteiger partial charge in [0.1, 0.15) is 23.2 Å². The highest BCUT2D eigenvalue weighted by atomic mass is 79.9. The normalized spacial score (nSPS) is 9.95. The molecule has 0 bridgehead atoms. The summed E-state index contributed by atoms with van der Waals surface area (Å²) >= 11 is 3.21. The zero-order valence-electron chi connectivity index (χ0n) is 10.5. The van der Waals surface area contributed by atoms with E-state index < -0.39 is 10.7 Å². The first-order chi connectivity index (χ1) is 10.1. The molecule has 0 spiro atoms. The monoisotopic (exact) mass is 350 g/mol. The summed E-state index contributed by atoms with van der Waals surface area (Å²) < 4.78 is 18.8. The molecule has 21 heavy (non-hydrogen) atoms. The van der Waals surface area contributed by atoms with Crippen LogP contribution >= 0.6 is 15.9 Å². The quantitative estimate of drug-likeness (QED) is 0.468. The smallest absolute Gasteiger partial charge is 0.311 e. The van der Waals surface area contributed by atoms with Crippen molar-refractivity contribution in [3.63, 3.8) is 0 Å². The Morgan fingerprint density at radius 1 is 1.33 bits per heavy atom. The highest BCUT2D eigenvalue weighted by molar-refractivity contribution is 9.08. The number of ether oxygens (including phenoxy) is 1. The molecule has 0 unspecified atom stereocenters. The van der Waals surface area contributed by atoms with Crippen LogP contribution in [0.4, 0.5) is 10.1 Å². The Labute approximate surface area is 127 Å². The van der Waals surface area contributed by atoms with Crippen molar-refractivity contribution in [1.82, 2.24) is 0 Å². The van der Waals surface area contributed by atoms with Crippen molar-refractivity contribution in [1.29, 1.82) is 5.26 Å². The van der Waals surface area contributed by atoms with Crippen molar-refractivity contribution in [2.75, 3.05) is 0 Å².